The Kier molecular flexibility index (Phi) is 4.65. The van der Waals surface area contributed by atoms with E-state index in [1.807, 2.05) is 0 Å². The third-order valence-electron chi connectivity index (χ3n) is 2.82. The molecule has 2 rings (SSSR count). The number of urea groups is 1. The lowest BCUT2D eigenvalue weighted by atomic mass is 10.2. The minimum atomic E-state index is -0.470. The number of rotatable bonds is 4. The Morgan fingerprint density at radius 2 is 2.19 bits per heavy atom. The summed E-state index contributed by atoms with van der Waals surface area (Å²) in [6.07, 6.45) is 1.50. The molecule has 21 heavy (non-hydrogen) atoms. The quantitative estimate of drug-likeness (QED) is 0.896. The summed E-state index contributed by atoms with van der Waals surface area (Å²) in [7, 11) is 0. The first-order valence-corrected chi connectivity index (χ1v) is 6.39. The van der Waals surface area contributed by atoms with Crippen LogP contribution in [0, 0.1) is 12.7 Å². The van der Waals surface area contributed by atoms with Crippen molar-refractivity contribution in [1.29, 1.82) is 0 Å². The molecule has 1 aromatic carbocycles. The van der Waals surface area contributed by atoms with E-state index in [2.05, 4.69) is 15.7 Å². The molecule has 0 aliphatic heterocycles. The summed E-state index contributed by atoms with van der Waals surface area (Å²) in [4.78, 5) is 23.0. The summed E-state index contributed by atoms with van der Waals surface area (Å²) in [5.74, 6) is -0.382. The summed E-state index contributed by atoms with van der Waals surface area (Å²) in [6.45, 7) is 2.14. The van der Waals surface area contributed by atoms with Gasteiger partial charge in [0.25, 0.3) is 5.56 Å². The maximum absolute atomic E-state index is 13.3. The molecule has 0 aliphatic carbocycles. The molecule has 110 valence electrons. The van der Waals surface area contributed by atoms with Crippen LogP contribution >= 0.6 is 0 Å². The fourth-order valence-electron chi connectivity index (χ4n) is 1.68. The van der Waals surface area contributed by atoms with E-state index in [-0.39, 0.29) is 24.5 Å². The summed E-state index contributed by atoms with van der Waals surface area (Å²) >= 11 is 0. The Hall–Kier alpha value is -2.70. The lowest BCUT2D eigenvalue weighted by Gasteiger charge is -2.08. The number of amides is 2. The molecular weight excluding hydrogens is 275 g/mol. The molecule has 0 atom stereocenters. The van der Waals surface area contributed by atoms with Gasteiger partial charge in [-0.25, -0.2) is 13.9 Å². The molecule has 0 saturated carbocycles. The molecule has 0 bridgehead atoms. The van der Waals surface area contributed by atoms with Crippen LogP contribution in [0.4, 0.5) is 14.9 Å². The molecule has 0 unspecified atom stereocenters. The number of nitrogens with zero attached hydrogens (tertiary/aromatic N) is 2. The van der Waals surface area contributed by atoms with Gasteiger partial charge in [0.1, 0.15) is 5.82 Å². The molecule has 2 aromatic rings. The molecule has 7 heteroatoms. The van der Waals surface area contributed by atoms with Crippen molar-refractivity contribution >= 4 is 11.7 Å². The van der Waals surface area contributed by atoms with Crippen LogP contribution in [0.25, 0.3) is 0 Å². The molecule has 0 saturated heterocycles. The summed E-state index contributed by atoms with van der Waals surface area (Å²) in [6, 6.07) is 6.91. The van der Waals surface area contributed by atoms with Gasteiger partial charge in [0, 0.05) is 24.5 Å². The van der Waals surface area contributed by atoms with Crippen molar-refractivity contribution in [3.05, 3.63) is 58.3 Å². The van der Waals surface area contributed by atoms with Gasteiger partial charge >= 0.3 is 6.03 Å². The van der Waals surface area contributed by atoms with Crippen LogP contribution in [0.15, 0.2) is 41.3 Å². The number of aromatic nitrogens is 2. The zero-order valence-corrected chi connectivity index (χ0v) is 11.5. The predicted molar refractivity (Wildman–Crippen MR) is 76.7 cm³/mol. The second kappa shape index (κ2) is 6.65. The van der Waals surface area contributed by atoms with E-state index < -0.39 is 6.03 Å². The molecule has 1 aromatic heterocycles. The van der Waals surface area contributed by atoms with Gasteiger partial charge < -0.3 is 10.6 Å². The van der Waals surface area contributed by atoms with Crippen molar-refractivity contribution in [3.63, 3.8) is 0 Å². The van der Waals surface area contributed by atoms with E-state index in [0.29, 0.717) is 11.3 Å². The SMILES string of the molecule is Cc1ccc(NC(=O)NCCn2ncccc2=O)cc1F. The summed E-state index contributed by atoms with van der Waals surface area (Å²) < 4.78 is 14.6. The molecule has 6 nitrogen and oxygen atoms in total. The second-order valence-electron chi connectivity index (χ2n) is 4.43. The number of carbonyl (C=O) groups is 1. The van der Waals surface area contributed by atoms with E-state index in [4.69, 9.17) is 0 Å². The Morgan fingerprint density at radius 1 is 1.38 bits per heavy atom. The Morgan fingerprint density at radius 3 is 2.90 bits per heavy atom. The molecule has 0 spiro atoms. The predicted octanol–water partition coefficient (Wildman–Crippen LogP) is 1.51. The van der Waals surface area contributed by atoms with Gasteiger partial charge in [-0.2, -0.15) is 5.10 Å². The number of hydrogen-bond donors (Lipinski definition) is 2. The fraction of sp³-hybridized carbons (Fsp3) is 0.214. The van der Waals surface area contributed by atoms with Gasteiger partial charge in [-0.3, -0.25) is 4.79 Å². The Balaban J connectivity index is 1.84. The van der Waals surface area contributed by atoms with Crippen molar-refractivity contribution in [1.82, 2.24) is 15.1 Å². The summed E-state index contributed by atoms with van der Waals surface area (Å²) in [5.41, 5.74) is 0.640. The Labute approximate surface area is 120 Å². The van der Waals surface area contributed by atoms with Gasteiger partial charge in [-0.05, 0) is 30.7 Å². The van der Waals surface area contributed by atoms with E-state index >= 15 is 0 Å². The van der Waals surface area contributed by atoms with Crippen LogP contribution in [-0.2, 0) is 6.54 Å². The molecule has 0 aliphatic rings. The van der Waals surface area contributed by atoms with Crippen LogP contribution in [0.3, 0.4) is 0 Å². The largest absolute Gasteiger partial charge is 0.336 e. The number of benzene rings is 1. The van der Waals surface area contributed by atoms with E-state index in [1.54, 1.807) is 25.1 Å². The molecule has 0 radical (unpaired) electrons. The average molecular weight is 290 g/mol. The van der Waals surface area contributed by atoms with Crippen LogP contribution in [0.2, 0.25) is 0 Å². The van der Waals surface area contributed by atoms with Gasteiger partial charge in [0.15, 0.2) is 0 Å². The zero-order valence-electron chi connectivity index (χ0n) is 11.5. The van der Waals surface area contributed by atoms with Crippen LogP contribution < -0.4 is 16.2 Å². The number of nitrogens with one attached hydrogen (secondary N) is 2. The van der Waals surface area contributed by atoms with Gasteiger partial charge in [-0.15, -0.1) is 0 Å². The zero-order chi connectivity index (χ0) is 15.2. The highest BCUT2D eigenvalue weighted by molar-refractivity contribution is 5.89. The number of aryl methyl sites for hydroxylation is 1. The average Bonchev–Trinajstić information content (AvgIpc) is 2.45. The topological polar surface area (TPSA) is 76.0 Å². The first-order valence-electron chi connectivity index (χ1n) is 6.39. The number of halogens is 1. The third-order valence-corrected chi connectivity index (χ3v) is 2.82. The third kappa shape index (κ3) is 4.13. The van der Waals surface area contributed by atoms with Crippen LogP contribution in [0.1, 0.15) is 5.56 Å². The lowest BCUT2D eigenvalue weighted by molar-refractivity contribution is 0.251. The first kappa shape index (κ1) is 14.7. The standard InChI is InChI=1S/C14H15FN4O2/c1-10-4-5-11(9-12(10)15)18-14(21)16-7-8-19-13(20)3-2-6-17-19/h2-6,9H,7-8H2,1H3,(H2,16,18,21). The van der Waals surface area contributed by atoms with Gasteiger partial charge in [0.2, 0.25) is 0 Å². The van der Waals surface area contributed by atoms with Crippen LogP contribution in [0.5, 0.6) is 0 Å². The highest BCUT2D eigenvalue weighted by Gasteiger charge is 2.04. The first-order chi connectivity index (χ1) is 10.1. The molecular formula is C14H15FN4O2. The van der Waals surface area contributed by atoms with Crippen molar-refractivity contribution in [2.45, 2.75) is 13.5 Å². The monoisotopic (exact) mass is 290 g/mol. The van der Waals surface area contributed by atoms with E-state index in [9.17, 15) is 14.0 Å². The number of carbonyl (C=O) groups excluding carboxylic acids is 1. The lowest BCUT2D eigenvalue weighted by Crippen LogP contribution is -2.34. The minimum absolute atomic E-state index is 0.233. The fourth-order valence-corrected chi connectivity index (χ4v) is 1.68. The van der Waals surface area contributed by atoms with E-state index in [1.165, 1.54) is 23.0 Å². The minimum Gasteiger partial charge on any atom is -0.336 e. The normalized spacial score (nSPS) is 10.2. The van der Waals surface area contributed by atoms with Gasteiger partial charge in [-0.1, -0.05) is 6.07 Å². The highest BCUT2D eigenvalue weighted by atomic mass is 19.1. The van der Waals surface area contributed by atoms with Crippen molar-refractivity contribution in [2.24, 2.45) is 0 Å². The van der Waals surface area contributed by atoms with Crippen molar-refractivity contribution in [3.8, 4) is 0 Å². The summed E-state index contributed by atoms with van der Waals surface area (Å²) in [5, 5.41) is 8.94. The Bertz CT molecular complexity index is 699. The molecule has 0 fully saturated rings. The molecule has 2 amide bonds. The second-order valence-corrected chi connectivity index (χ2v) is 4.43. The van der Waals surface area contributed by atoms with Gasteiger partial charge in [0.05, 0.1) is 6.54 Å². The van der Waals surface area contributed by atoms with Crippen molar-refractivity contribution < 1.29 is 9.18 Å². The van der Waals surface area contributed by atoms with Crippen LogP contribution in [-0.4, -0.2) is 22.4 Å². The molecule has 2 N–H and O–H groups in total. The maximum atomic E-state index is 13.3. The maximum Gasteiger partial charge on any atom is 0.319 e. The smallest absolute Gasteiger partial charge is 0.319 e. The molecule has 1 heterocycles. The number of hydrogen-bond acceptors (Lipinski definition) is 3. The number of anilines is 1. The van der Waals surface area contributed by atoms with Crippen molar-refractivity contribution in [2.75, 3.05) is 11.9 Å². The highest BCUT2D eigenvalue weighted by Crippen LogP contribution is 2.13. The van der Waals surface area contributed by atoms with E-state index in [0.717, 1.165) is 0 Å².